The molecule has 0 spiro atoms. The molecule has 2 rings (SSSR count). The van der Waals surface area contributed by atoms with Crippen LogP contribution in [0.5, 0.6) is 0 Å². The van der Waals surface area contributed by atoms with Crippen molar-refractivity contribution in [2.45, 2.75) is 25.7 Å². The number of hydrogen-bond acceptors (Lipinski definition) is 2. The van der Waals surface area contributed by atoms with Crippen LogP contribution in [0.25, 0.3) is 0 Å². The standard InChI is InChI=1S/C13H13F3N2O/c1-9-4-2-3-5-11(9)12(19)8-18-7-10(6-17-18)13(14,15)16/h2-7,12,19H,8H2,1H3. The summed E-state index contributed by atoms with van der Waals surface area (Å²) in [6.45, 7) is 1.82. The fraction of sp³-hybridized carbons (Fsp3) is 0.308. The van der Waals surface area contributed by atoms with Crippen molar-refractivity contribution >= 4 is 0 Å². The van der Waals surface area contributed by atoms with Crippen molar-refractivity contribution in [2.24, 2.45) is 0 Å². The van der Waals surface area contributed by atoms with Crippen LogP contribution in [0.15, 0.2) is 36.7 Å². The predicted octanol–water partition coefficient (Wildman–Crippen LogP) is 2.94. The van der Waals surface area contributed by atoms with Gasteiger partial charge < -0.3 is 5.11 Å². The van der Waals surface area contributed by atoms with E-state index >= 15 is 0 Å². The van der Waals surface area contributed by atoms with E-state index in [9.17, 15) is 18.3 Å². The van der Waals surface area contributed by atoms with E-state index in [2.05, 4.69) is 5.10 Å². The van der Waals surface area contributed by atoms with Gasteiger partial charge in [0.25, 0.3) is 0 Å². The van der Waals surface area contributed by atoms with E-state index in [4.69, 9.17) is 0 Å². The molecule has 0 aliphatic heterocycles. The average Bonchev–Trinajstić information content (AvgIpc) is 2.77. The lowest BCUT2D eigenvalue weighted by Gasteiger charge is -2.13. The molecule has 1 aromatic carbocycles. The van der Waals surface area contributed by atoms with Crippen LogP contribution in [0.2, 0.25) is 0 Å². The zero-order chi connectivity index (χ0) is 14.0. The molecule has 0 saturated heterocycles. The summed E-state index contributed by atoms with van der Waals surface area (Å²) < 4.78 is 38.3. The minimum atomic E-state index is -4.41. The molecule has 0 radical (unpaired) electrons. The van der Waals surface area contributed by atoms with E-state index in [0.29, 0.717) is 5.56 Å². The van der Waals surface area contributed by atoms with Gasteiger partial charge in [0, 0.05) is 6.20 Å². The van der Waals surface area contributed by atoms with Crippen LogP contribution in [0.3, 0.4) is 0 Å². The summed E-state index contributed by atoms with van der Waals surface area (Å²) in [5.41, 5.74) is 0.759. The Morgan fingerprint density at radius 2 is 2.00 bits per heavy atom. The van der Waals surface area contributed by atoms with E-state index < -0.39 is 17.8 Å². The molecule has 0 saturated carbocycles. The van der Waals surface area contributed by atoms with Gasteiger partial charge in [-0.15, -0.1) is 0 Å². The van der Waals surface area contributed by atoms with Crippen molar-refractivity contribution in [1.29, 1.82) is 0 Å². The molecular weight excluding hydrogens is 257 g/mol. The number of alkyl halides is 3. The van der Waals surface area contributed by atoms with Gasteiger partial charge in [-0.2, -0.15) is 18.3 Å². The highest BCUT2D eigenvalue weighted by Gasteiger charge is 2.32. The maximum absolute atomic E-state index is 12.4. The van der Waals surface area contributed by atoms with Gasteiger partial charge in [-0.1, -0.05) is 24.3 Å². The Labute approximate surface area is 108 Å². The Morgan fingerprint density at radius 3 is 2.58 bits per heavy atom. The van der Waals surface area contributed by atoms with E-state index in [1.165, 1.54) is 0 Å². The van der Waals surface area contributed by atoms with Crippen LogP contribution in [0, 0.1) is 6.92 Å². The normalized spacial score (nSPS) is 13.5. The molecule has 1 heterocycles. The van der Waals surface area contributed by atoms with Crippen LogP contribution in [-0.4, -0.2) is 14.9 Å². The van der Waals surface area contributed by atoms with Crippen LogP contribution < -0.4 is 0 Å². The number of aryl methyl sites for hydroxylation is 1. The molecule has 3 nitrogen and oxygen atoms in total. The van der Waals surface area contributed by atoms with Crippen molar-refractivity contribution < 1.29 is 18.3 Å². The number of rotatable bonds is 3. The first-order chi connectivity index (χ1) is 8.88. The van der Waals surface area contributed by atoms with Gasteiger partial charge in [-0.3, -0.25) is 4.68 Å². The van der Waals surface area contributed by atoms with Gasteiger partial charge in [0.15, 0.2) is 0 Å². The fourth-order valence-corrected chi connectivity index (χ4v) is 1.85. The summed E-state index contributed by atoms with van der Waals surface area (Å²) in [5, 5.41) is 13.6. The molecule has 1 aromatic heterocycles. The number of hydrogen-bond donors (Lipinski definition) is 1. The highest BCUT2D eigenvalue weighted by molar-refractivity contribution is 5.27. The van der Waals surface area contributed by atoms with Crippen molar-refractivity contribution in [1.82, 2.24) is 9.78 Å². The highest BCUT2D eigenvalue weighted by Crippen LogP contribution is 2.29. The lowest BCUT2D eigenvalue weighted by molar-refractivity contribution is -0.137. The topological polar surface area (TPSA) is 38.0 Å². The molecular formula is C13H13F3N2O. The van der Waals surface area contributed by atoms with E-state index in [1.54, 1.807) is 12.1 Å². The monoisotopic (exact) mass is 270 g/mol. The number of aliphatic hydroxyl groups is 1. The third-order valence-corrected chi connectivity index (χ3v) is 2.87. The summed E-state index contributed by atoms with van der Waals surface area (Å²) >= 11 is 0. The van der Waals surface area contributed by atoms with Crippen molar-refractivity contribution in [2.75, 3.05) is 0 Å². The zero-order valence-corrected chi connectivity index (χ0v) is 10.2. The molecule has 0 aliphatic rings. The highest BCUT2D eigenvalue weighted by atomic mass is 19.4. The Hall–Kier alpha value is -1.82. The molecule has 0 bridgehead atoms. The largest absolute Gasteiger partial charge is 0.419 e. The lowest BCUT2D eigenvalue weighted by Crippen LogP contribution is -2.10. The molecule has 19 heavy (non-hydrogen) atoms. The summed E-state index contributed by atoms with van der Waals surface area (Å²) in [5.74, 6) is 0. The molecule has 1 N–H and O–H groups in total. The van der Waals surface area contributed by atoms with Gasteiger partial charge in [0.05, 0.1) is 24.4 Å². The zero-order valence-electron chi connectivity index (χ0n) is 10.2. The summed E-state index contributed by atoms with van der Waals surface area (Å²) in [4.78, 5) is 0. The Balaban J connectivity index is 2.14. The summed E-state index contributed by atoms with van der Waals surface area (Å²) in [6.07, 6.45) is -3.65. The first-order valence-corrected chi connectivity index (χ1v) is 5.71. The van der Waals surface area contributed by atoms with Gasteiger partial charge in [0.1, 0.15) is 0 Å². The third kappa shape index (κ3) is 3.14. The lowest BCUT2D eigenvalue weighted by atomic mass is 10.0. The maximum Gasteiger partial charge on any atom is 0.419 e. The van der Waals surface area contributed by atoms with Gasteiger partial charge >= 0.3 is 6.18 Å². The van der Waals surface area contributed by atoms with Crippen LogP contribution in [0.4, 0.5) is 13.2 Å². The summed E-state index contributed by atoms with van der Waals surface area (Å²) in [7, 11) is 0. The van der Waals surface area contributed by atoms with Gasteiger partial charge in [-0.05, 0) is 18.1 Å². The first kappa shape index (κ1) is 13.6. The van der Waals surface area contributed by atoms with Crippen LogP contribution in [-0.2, 0) is 12.7 Å². The first-order valence-electron chi connectivity index (χ1n) is 5.71. The number of aliphatic hydroxyl groups excluding tert-OH is 1. The number of nitrogens with zero attached hydrogens (tertiary/aromatic N) is 2. The number of aromatic nitrogens is 2. The molecule has 6 heteroatoms. The molecule has 0 amide bonds. The second-order valence-electron chi connectivity index (χ2n) is 4.32. The average molecular weight is 270 g/mol. The molecule has 0 fully saturated rings. The van der Waals surface area contributed by atoms with Crippen LogP contribution in [0.1, 0.15) is 22.8 Å². The Bertz CT molecular complexity index is 563. The van der Waals surface area contributed by atoms with Crippen LogP contribution >= 0.6 is 0 Å². The molecule has 1 unspecified atom stereocenters. The fourth-order valence-electron chi connectivity index (χ4n) is 1.85. The Morgan fingerprint density at radius 1 is 1.32 bits per heavy atom. The SMILES string of the molecule is Cc1ccccc1C(O)Cn1cc(C(F)(F)F)cn1. The van der Waals surface area contributed by atoms with Crippen molar-refractivity contribution in [3.63, 3.8) is 0 Å². The molecule has 102 valence electrons. The molecule has 2 aromatic rings. The van der Waals surface area contributed by atoms with E-state index in [-0.39, 0.29) is 6.54 Å². The predicted molar refractivity (Wildman–Crippen MR) is 63.4 cm³/mol. The van der Waals surface area contributed by atoms with E-state index in [0.717, 1.165) is 22.6 Å². The molecule has 0 aliphatic carbocycles. The quantitative estimate of drug-likeness (QED) is 0.931. The molecule has 1 atom stereocenters. The minimum Gasteiger partial charge on any atom is -0.386 e. The van der Waals surface area contributed by atoms with Gasteiger partial charge in [-0.25, -0.2) is 0 Å². The second-order valence-corrected chi connectivity index (χ2v) is 4.32. The van der Waals surface area contributed by atoms with E-state index in [1.807, 2.05) is 19.1 Å². The van der Waals surface area contributed by atoms with Crippen molar-refractivity contribution in [3.05, 3.63) is 53.3 Å². The Kier molecular flexibility index (Phi) is 3.61. The summed E-state index contributed by atoms with van der Waals surface area (Å²) in [6, 6.07) is 7.19. The second kappa shape index (κ2) is 5.05. The number of halogens is 3. The smallest absolute Gasteiger partial charge is 0.386 e. The maximum atomic E-state index is 12.4. The number of benzene rings is 1. The van der Waals surface area contributed by atoms with Gasteiger partial charge in [0.2, 0.25) is 0 Å². The van der Waals surface area contributed by atoms with Crippen molar-refractivity contribution in [3.8, 4) is 0 Å². The third-order valence-electron chi connectivity index (χ3n) is 2.87. The minimum absolute atomic E-state index is 0.0130.